The van der Waals surface area contributed by atoms with Crippen LogP contribution in [0.15, 0.2) is 49.3 Å². The summed E-state index contributed by atoms with van der Waals surface area (Å²) in [7, 11) is 0. The van der Waals surface area contributed by atoms with Crippen molar-refractivity contribution in [3.8, 4) is 5.69 Å². The number of nitrogens with zero attached hydrogens (tertiary/aromatic N) is 2. The Labute approximate surface area is 93.8 Å². The van der Waals surface area contributed by atoms with Crippen molar-refractivity contribution in [1.82, 2.24) is 9.78 Å². The van der Waals surface area contributed by atoms with Gasteiger partial charge in [0.2, 0.25) is 0 Å². The third-order valence-corrected chi connectivity index (χ3v) is 2.50. The zero-order valence-electron chi connectivity index (χ0n) is 8.23. The zero-order valence-corrected chi connectivity index (χ0v) is 8.98. The minimum absolute atomic E-state index is 0.431. The van der Waals surface area contributed by atoms with E-state index in [1.165, 1.54) is 0 Å². The van der Waals surface area contributed by atoms with Crippen molar-refractivity contribution >= 4 is 17.2 Å². The highest BCUT2D eigenvalue weighted by atomic mass is 35.5. The second-order valence-corrected chi connectivity index (χ2v) is 3.51. The quantitative estimate of drug-likeness (QED) is 0.724. The maximum Gasteiger partial charge on any atom is 0.0645 e. The molecule has 0 unspecified atom stereocenters. The first-order chi connectivity index (χ1) is 7.31. The summed E-state index contributed by atoms with van der Waals surface area (Å²) in [5.74, 6) is 0.431. The van der Waals surface area contributed by atoms with Crippen LogP contribution in [0.2, 0.25) is 0 Å². The summed E-state index contributed by atoms with van der Waals surface area (Å²) in [5, 5.41) is 4.25. The number of allylic oxidation sites excluding steroid dienone is 1. The maximum absolute atomic E-state index is 5.71. The molecule has 1 heterocycles. The summed E-state index contributed by atoms with van der Waals surface area (Å²) in [6.07, 6.45) is 3.71. The fraction of sp³-hybridized carbons (Fsp3) is 0.0833. The first-order valence-electron chi connectivity index (χ1n) is 4.65. The third kappa shape index (κ3) is 2.10. The average molecular weight is 219 g/mol. The SMILES string of the molecule is C=C(CCl)c1cnn(-c2ccccc2)c1. The van der Waals surface area contributed by atoms with Gasteiger partial charge in [0.25, 0.3) is 0 Å². The van der Waals surface area contributed by atoms with Gasteiger partial charge in [0.05, 0.1) is 11.9 Å². The molecule has 0 spiro atoms. The van der Waals surface area contributed by atoms with E-state index < -0.39 is 0 Å². The molecule has 0 aliphatic heterocycles. The van der Waals surface area contributed by atoms with Gasteiger partial charge in [-0.15, -0.1) is 11.6 Å². The molecule has 0 radical (unpaired) electrons. The molecule has 1 aromatic heterocycles. The molecule has 2 nitrogen and oxygen atoms in total. The fourth-order valence-corrected chi connectivity index (χ4v) is 1.46. The van der Waals surface area contributed by atoms with E-state index in [2.05, 4.69) is 11.7 Å². The van der Waals surface area contributed by atoms with Gasteiger partial charge in [0, 0.05) is 17.6 Å². The van der Waals surface area contributed by atoms with E-state index in [1.54, 1.807) is 6.20 Å². The molecule has 2 rings (SSSR count). The summed E-state index contributed by atoms with van der Waals surface area (Å²) in [6, 6.07) is 9.94. The van der Waals surface area contributed by atoms with Crippen molar-refractivity contribution < 1.29 is 0 Å². The van der Waals surface area contributed by atoms with Gasteiger partial charge in [-0.3, -0.25) is 0 Å². The van der Waals surface area contributed by atoms with E-state index in [4.69, 9.17) is 11.6 Å². The van der Waals surface area contributed by atoms with Crippen LogP contribution in [0.4, 0.5) is 0 Å². The first kappa shape index (κ1) is 9.99. The number of para-hydroxylation sites is 1. The second-order valence-electron chi connectivity index (χ2n) is 3.25. The molecule has 76 valence electrons. The lowest BCUT2D eigenvalue weighted by atomic mass is 10.2. The van der Waals surface area contributed by atoms with E-state index >= 15 is 0 Å². The maximum atomic E-state index is 5.71. The molecule has 0 fully saturated rings. The summed E-state index contributed by atoms with van der Waals surface area (Å²) in [4.78, 5) is 0. The van der Waals surface area contributed by atoms with Gasteiger partial charge in [-0.2, -0.15) is 5.10 Å². The van der Waals surface area contributed by atoms with E-state index in [0.29, 0.717) is 5.88 Å². The minimum Gasteiger partial charge on any atom is -0.240 e. The van der Waals surface area contributed by atoms with E-state index in [-0.39, 0.29) is 0 Å². The van der Waals surface area contributed by atoms with Crippen molar-refractivity contribution in [2.75, 3.05) is 5.88 Å². The van der Waals surface area contributed by atoms with Crippen molar-refractivity contribution in [2.24, 2.45) is 0 Å². The molecule has 0 N–H and O–H groups in total. The van der Waals surface area contributed by atoms with Crippen LogP contribution in [0, 0.1) is 0 Å². The Morgan fingerprint density at radius 2 is 2.07 bits per heavy atom. The van der Waals surface area contributed by atoms with Crippen LogP contribution in [0.5, 0.6) is 0 Å². The second kappa shape index (κ2) is 4.32. The highest BCUT2D eigenvalue weighted by Crippen LogP contribution is 2.15. The lowest BCUT2D eigenvalue weighted by Crippen LogP contribution is -1.92. The van der Waals surface area contributed by atoms with Gasteiger partial charge in [0.15, 0.2) is 0 Å². The van der Waals surface area contributed by atoms with Gasteiger partial charge in [-0.25, -0.2) is 4.68 Å². The molecular weight excluding hydrogens is 208 g/mol. The minimum atomic E-state index is 0.431. The molecule has 0 atom stereocenters. The predicted octanol–water partition coefficient (Wildman–Crippen LogP) is 3.12. The number of rotatable bonds is 3. The molecule has 1 aromatic carbocycles. The largest absolute Gasteiger partial charge is 0.240 e. The zero-order chi connectivity index (χ0) is 10.7. The number of halogens is 1. The van der Waals surface area contributed by atoms with Gasteiger partial charge >= 0.3 is 0 Å². The first-order valence-corrected chi connectivity index (χ1v) is 5.19. The number of hydrogen-bond donors (Lipinski definition) is 0. The molecule has 15 heavy (non-hydrogen) atoms. The number of hydrogen-bond acceptors (Lipinski definition) is 1. The van der Waals surface area contributed by atoms with E-state index in [9.17, 15) is 0 Å². The molecule has 0 saturated heterocycles. The lowest BCUT2D eigenvalue weighted by Gasteiger charge is -1.99. The van der Waals surface area contributed by atoms with Crippen LogP contribution < -0.4 is 0 Å². The van der Waals surface area contributed by atoms with Crippen molar-refractivity contribution in [3.63, 3.8) is 0 Å². The Morgan fingerprint density at radius 3 is 2.73 bits per heavy atom. The van der Waals surface area contributed by atoms with Crippen LogP contribution in [0.3, 0.4) is 0 Å². The van der Waals surface area contributed by atoms with Crippen molar-refractivity contribution in [3.05, 3.63) is 54.9 Å². The molecule has 0 aliphatic rings. The Kier molecular flexibility index (Phi) is 2.88. The summed E-state index contributed by atoms with van der Waals surface area (Å²) >= 11 is 5.71. The summed E-state index contributed by atoms with van der Waals surface area (Å²) in [6.45, 7) is 3.87. The van der Waals surface area contributed by atoms with Crippen LogP contribution in [0.1, 0.15) is 5.56 Å². The monoisotopic (exact) mass is 218 g/mol. The molecule has 0 amide bonds. The van der Waals surface area contributed by atoms with Crippen LogP contribution >= 0.6 is 11.6 Å². The van der Waals surface area contributed by atoms with Crippen LogP contribution in [0.25, 0.3) is 11.3 Å². The summed E-state index contributed by atoms with van der Waals surface area (Å²) < 4.78 is 1.81. The molecule has 0 aliphatic carbocycles. The Bertz CT molecular complexity index is 459. The van der Waals surface area contributed by atoms with Crippen molar-refractivity contribution in [1.29, 1.82) is 0 Å². The number of alkyl halides is 1. The molecule has 2 aromatic rings. The van der Waals surface area contributed by atoms with E-state index in [0.717, 1.165) is 16.8 Å². The lowest BCUT2D eigenvalue weighted by molar-refractivity contribution is 0.880. The van der Waals surface area contributed by atoms with Crippen LogP contribution in [-0.4, -0.2) is 15.7 Å². The Balaban J connectivity index is 2.32. The van der Waals surface area contributed by atoms with Gasteiger partial charge in [-0.05, 0) is 17.7 Å². The topological polar surface area (TPSA) is 17.8 Å². The average Bonchev–Trinajstić information content (AvgIpc) is 2.78. The van der Waals surface area contributed by atoms with Gasteiger partial charge in [-0.1, -0.05) is 24.8 Å². The molecule has 0 saturated carbocycles. The van der Waals surface area contributed by atoms with Gasteiger partial charge < -0.3 is 0 Å². The number of benzene rings is 1. The standard InChI is InChI=1S/C12H11ClN2/c1-10(7-13)11-8-14-15(9-11)12-5-3-2-4-6-12/h2-6,8-9H,1,7H2. The number of aromatic nitrogens is 2. The van der Waals surface area contributed by atoms with Gasteiger partial charge in [0.1, 0.15) is 0 Å². The highest BCUT2D eigenvalue weighted by Gasteiger charge is 2.02. The van der Waals surface area contributed by atoms with E-state index in [1.807, 2.05) is 41.2 Å². The smallest absolute Gasteiger partial charge is 0.0645 e. The highest BCUT2D eigenvalue weighted by molar-refractivity contribution is 6.23. The summed E-state index contributed by atoms with van der Waals surface area (Å²) in [5.41, 5.74) is 2.90. The fourth-order valence-electron chi connectivity index (χ4n) is 1.30. The third-order valence-electron chi connectivity index (χ3n) is 2.17. The predicted molar refractivity (Wildman–Crippen MR) is 63.3 cm³/mol. The Hall–Kier alpha value is -1.54. The van der Waals surface area contributed by atoms with Crippen LogP contribution in [-0.2, 0) is 0 Å². The molecule has 0 bridgehead atoms. The normalized spacial score (nSPS) is 10.2. The van der Waals surface area contributed by atoms with Crippen molar-refractivity contribution in [2.45, 2.75) is 0 Å². The molecular formula is C12H11ClN2. The Morgan fingerprint density at radius 1 is 1.33 bits per heavy atom. The molecule has 3 heteroatoms.